The van der Waals surface area contributed by atoms with Crippen molar-refractivity contribution in [1.82, 2.24) is 10.2 Å². The van der Waals surface area contributed by atoms with Crippen LogP contribution < -0.4 is 9.64 Å². The van der Waals surface area contributed by atoms with Crippen molar-refractivity contribution >= 4 is 69.2 Å². The van der Waals surface area contributed by atoms with Gasteiger partial charge in [-0.3, -0.25) is 14.5 Å². The Labute approximate surface area is 261 Å². The van der Waals surface area contributed by atoms with Gasteiger partial charge in [0.05, 0.1) is 18.2 Å². The highest BCUT2D eigenvalue weighted by Crippen LogP contribution is 2.44. The third kappa shape index (κ3) is 6.71. The van der Waals surface area contributed by atoms with Gasteiger partial charge in [0.15, 0.2) is 15.9 Å². The van der Waals surface area contributed by atoms with Gasteiger partial charge in [-0.25, -0.2) is 0 Å². The molecule has 1 aromatic heterocycles. The number of carbonyl (C=O) groups excluding carboxylic acids is 2. The molecule has 0 saturated carbocycles. The monoisotopic (exact) mass is 637 g/mol. The maximum atomic E-state index is 13.5. The number of benzene rings is 3. The van der Waals surface area contributed by atoms with Gasteiger partial charge >= 0.3 is 0 Å². The molecule has 11 heteroatoms. The van der Waals surface area contributed by atoms with Crippen molar-refractivity contribution in [3.8, 4) is 5.75 Å². The Balaban J connectivity index is 1.47. The van der Waals surface area contributed by atoms with Gasteiger partial charge in [0.1, 0.15) is 5.75 Å². The van der Waals surface area contributed by atoms with Crippen molar-refractivity contribution in [2.45, 2.75) is 29.5 Å². The van der Waals surface area contributed by atoms with E-state index in [0.717, 1.165) is 17.5 Å². The van der Waals surface area contributed by atoms with Gasteiger partial charge in [0.2, 0.25) is 5.13 Å². The average molecular weight is 639 g/mol. The highest BCUT2D eigenvalue weighted by Gasteiger charge is 2.45. The normalized spacial score (nSPS) is 15.2. The molecule has 0 saturated heterocycles. The molecule has 3 aromatic carbocycles. The van der Waals surface area contributed by atoms with Gasteiger partial charge in [-0.15, -0.1) is 10.2 Å². The Hall–Kier alpha value is -3.63. The summed E-state index contributed by atoms with van der Waals surface area (Å²) >= 11 is 14.9. The van der Waals surface area contributed by atoms with Gasteiger partial charge in [-0.1, -0.05) is 108 Å². The van der Waals surface area contributed by atoms with Crippen LogP contribution in [0.5, 0.6) is 5.75 Å². The summed E-state index contributed by atoms with van der Waals surface area (Å²) in [5.74, 6) is -0.748. The fourth-order valence-corrected chi connectivity index (χ4v) is 6.75. The molecule has 1 unspecified atom stereocenters. The van der Waals surface area contributed by atoms with Crippen molar-refractivity contribution in [3.63, 3.8) is 0 Å². The Morgan fingerprint density at radius 2 is 1.90 bits per heavy atom. The Morgan fingerprint density at radius 3 is 2.67 bits per heavy atom. The second-order valence-corrected chi connectivity index (χ2v) is 12.3. The second-order valence-electron chi connectivity index (χ2n) is 9.24. The van der Waals surface area contributed by atoms with E-state index in [1.54, 1.807) is 36.4 Å². The van der Waals surface area contributed by atoms with Gasteiger partial charge in [0.25, 0.3) is 5.91 Å². The summed E-state index contributed by atoms with van der Waals surface area (Å²) in [5.41, 5.74) is 2.23. The molecule has 42 heavy (non-hydrogen) atoms. The summed E-state index contributed by atoms with van der Waals surface area (Å²) in [6.07, 6.45) is 3.83. The second kappa shape index (κ2) is 13.6. The quantitative estimate of drug-likeness (QED) is 0.101. The number of aromatic nitrogens is 2. The summed E-state index contributed by atoms with van der Waals surface area (Å²) in [6.45, 7) is 2.52. The SMILES string of the molecule is CCCOc1cccc(C2C(C(=O)/C=C/c3ccccc3)=C(O)C(=O)N2c2nnc(SCc3ccc(Cl)cc3Cl)s2)c1. The lowest BCUT2D eigenvalue weighted by atomic mass is 9.95. The number of aliphatic hydroxyl groups is 1. The van der Waals surface area contributed by atoms with Crippen molar-refractivity contribution < 1.29 is 19.4 Å². The summed E-state index contributed by atoms with van der Waals surface area (Å²) in [7, 11) is 0. The van der Waals surface area contributed by atoms with E-state index >= 15 is 0 Å². The molecule has 1 aliphatic heterocycles. The van der Waals surface area contributed by atoms with Crippen LogP contribution in [0.1, 0.15) is 36.1 Å². The van der Waals surface area contributed by atoms with E-state index in [-0.39, 0.29) is 10.7 Å². The van der Waals surface area contributed by atoms with Crippen molar-refractivity contribution in [1.29, 1.82) is 0 Å². The number of amides is 1. The van der Waals surface area contributed by atoms with Crippen molar-refractivity contribution in [2.75, 3.05) is 11.5 Å². The molecule has 0 aliphatic carbocycles. The zero-order valence-corrected chi connectivity index (χ0v) is 25.5. The van der Waals surface area contributed by atoms with Crippen LogP contribution in [0.3, 0.4) is 0 Å². The molecule has 0 spiro atoms. The molecule has 4 aromatic rings. The first kappa shape index (κ1) is 29.8. The number of ether oxygens (including phenoxy) is 1. The van der Waals surface area contributed by atoms with Gasteiger partial charge in [0, 0.05) is 15.8 Å². The fraction of sp³-hybridized carbons (Fsp3) is 0.161. The van der Waals surface area contributed by atoms with E-state index in [2.05, 4.69) is 10.2 Å². The first-order chi connectivity index (χ1) is 20.4. The first-order valence-electron chi connectivity index (χ1n) is 13.0. The molecule has 0 fully saturated rings. The van der Waals surface area contributed by atoms with E-state index in [1.165, 1.54) is 34.1 Å². The van der Waals surface area contributed by atoms with Crippen LogP contribution in [0, 0.1) is 0 Å². The first-order valence-corrected chi connectivity index (χ1v) is 15.6. The van der Waals surface area contributed by atoms with Crippen LogP contribution in [-0.4, -0.2) is 33.6 Å². The molecule has 2 heterocycles. The number of aliphatic hydroxyl groups excluding tert-OH is 1. The zero-order valence-electron chi connectivity index (χ0n) is 22.4. The minimum absolute atomic E-state index is 0.0443. The Bertz CT molecular complexity index is 1670. The van der Waals surface area contributed by atoms with Crippen molar-refractivity contribution in [3.05, 3.63) is 117 Å². The van der Waals surface area contributed by atoms with Crippen LogP contribution in [0.25, 0.3) is 6.08 Å². The third-order valence-corrected chi connectivity index (χ3v) is 9.01. The van der Waals surface area contributed by atoms with Crippen molar-refractivity contribution in [2.24, 2.45) is 0 Å². The molecule has 0 bridgehead atoms. The molecule has 7 nitrogen and oxygen atoms in total. The van der Waals surface area contributed by atoms with E-state index in [4.69, 9.17) is 27.9 Å². The summed E-state index contributed by atoms with van der Waals surface area (Å²) in [6, 6.07) is 20.8. The van der Waals surface area contributed by atoms with E-state index in [0.29, 0.717) is 38.1 Å². The number of hydrogen-bond acceptors (Lipinski definition) is 8. The van der Waals surface area contributed by atoms with Crippen LogP contribution >= 0.6 is 46.3 Å². The lowest BCUT2D eigenvalue weighted by Gasteiger charge is -2.24. The number of allylic oxidation sites excluding steroid dienone is 1. The zero-order chi connectivity index (χ0) is 29.6. The standard InChI is InChI=1S/C31H25Cl2N3O4S2/c1-2-15-40-23-10-6-9-20(16-23)27-26(25(37)14-11-19-7-4-3-5-8-19)28(38)29(39)36(27)30-34-35-31(42-30)41-18-21-12-13-22(32)17-24(21)33/h3-14,16-17,27,38H,2,15,18H2,1H3/b14-11+. The molecule has 1 N–H and O–H groups in total. The maximum Gasteiger partial charge on any atom is 0.296 e. The lowest BCUT2D eigenvalue weighted by molar-refractivity contribution is -0.117. The molecular weight excluding hydrogens is 613 g/mol. The molecule has 1 aliphatic rings. The number of nitrogens with zero attached hydrogens (tertiary/aromatic N) is 3. The summed E-state index contributed by atoms with van der Waals surface area (Å²) < 4.78 is 6.41. The molecule has 1 atom stereocenters. The minimum atomic E-state index is -0.938. The Kier molecular flexibility index (Phi) is 9.64. The topological polar surface area (TPSA) is 92.6 Å². The molecule has 214 valence electrons. The molecular formula is C31H25Cl2N3O4S2. The largest absolute Gasteiger partial charge is 0.503 e. The summed E-state index contributed by atoms with van der Waals surface area (Å²) in [5, 5.41) is 20.9. The fourth-order valence-electron chi connectivity index (χ4n) is 4.33. The smallest absolute Gasteiger partial charge is 0.296 e. The predicted octanol–water partition coefficient (Wildman–Crippen LogP) is 8.11. The number of thioether (sulfide) groups is 1. The number of hydrogen-bond donors (Lipinski definition) is 1. The van der Waals surface area contributed by atoms with Gasteiger partial charge in [-0.05, 0) is 53.5 Å². The van der Waals surface area contributed by atoms with Gasteiger partial charge < -0.3 is 9.84 Å². The van der Waals surface area contributed by atoms with Crippen LogP contribution in [0.4, 0.5) is 5.13 Å². The third-order valence-electron chi connectivity index (χ3n) is 6.32. The number of halogens is 2. The predicted molar refractivity (Wildman–Crippen MR) is 169 cm³/mol. The number of carbonyl (C=O) groups is 2. The number of rotatable bonds is 11. The summed E-state index contributed by atoms with van der Waals surface area (Å²) in [4.78, 5) is 28.4. The minimum Gasteiger partial charge on any atom is -0.503 e. The van der Waals surface area contributed by atoms with E-state index < -0.39 is 23.5 Å². The molecule has 5 rings (SSSR count). The molecule has 0 radical (unpaired) electrons. The Morgan fingerprint density at radius 1 is 1.10 bits per heavy atom. The van der Waals surface area contributed by atoms with Crippen LogP contribution in [0.2, 0.25) is 10.0 Å². The van der Waals surface area contributed by atoms with E-state index in [9.17, 15) is 14.7 Å². The van der Waals surface area contributed by atoms with Gasteiger partial charge in [-0.2, -0.15) is 0 Å². The average Bonchev–Trinajstić information content (AvgIpc) is 3.56. The maximum absolute atomic E-state index is 13.5. The highest BCUT2D eigenvalue weighted by atomic mass is 35.5. The highest BCUT2D eigenvalue weighted by molar-refractivity contribution is 8.00. The number of anilines is 1. The van der Waals surface area contributed by atoms with Crippen LogP contribution in [-0.2, 0) is 15.3 Å². The number of ketones is 1. The molecule has 1 amide bonds. The van der Waals surface area contributed by atoms with Crippen LogP contribution in [0.15, 0.2) is 94.5 Å². The van der Waals surface area contributed by atoms with E-state index in [1.807, 2.05) is 49.4 Å². The lowest BCUT2D eigenvalue weighted by Crippen LogP contribution is -2.30.